The molecule has 3 aromatic heterocycles. The molecule has 0 radical (unpaired) electrons. The molecular formula is C55H41N3O3+2. The summed E-state index contributed by atoms with van der Waals surface area (Å²) in [6.07, 6.45) is 2.25. The summed E-state index contributed by atoms with van der Waals surface area (Å²) in [7, 11) is 0. The number of ether oxygens (including phenoxy) is 2. The lowest BCUT2D eigenvalue weighted by Crippen LogP contribution is -2.71. The Balaban J connectivity index is 1.21. The fourth-order valence-corrected chi connectivity index (χ4v) is 10.6. The van der Waals surface area contributed by atoms with Gasteiger partial charge in [-0.2, -0.15) is 4.57 Å². The lowest BCUT2D eigenvalue weighted by Gasteiger charge is -2.20. The molecule has 6 heterocycles. The van der Waals surface area contributed by atoms with E-state index in [0.29, 0.717) is 23.0 Å². The normalized spacial score (nSPS) is 15.5. The van der Waals surface area contributed by atoms with Crippen LogP contribution in [-0.2, 0) is 5.66 Å². The second-order valence-corrected chi connectivity index (χ2v) is 17.2. The highest BCUT2D eigenvalue weighted by atomic mass is 16.6. The molecule has 3 aliphatic rings. The molecule has 6 heteroatoms. The van der Waals surface area contributed by atoms with Gasteiger partial charge in [0.2, 0.25) is 5.69 Å². The molecule has 1 atom stereocenters. The molecule has 7 aromatic carbocycles. The molecule has 10 aromatic rings. The topological polar surface area (TPSA) is 44.3 Å². The minimum absolute atomic E-state index is 0.229. The maximum absolute atomic E-state index is 7.23. The van der Waals surface area contributed by atoms with Crippen LogP contribution in [0.15, 0.2) is 168 Å². The number of hydrogen-bond donors (Lipinski definition) is 0. The Hall–Kier alpha value is -7.44. The molecule has 0 bridgehead atoms. The highest BCUT2D eigenvalue weighted by Crippen LogP contribution is 2.55. The molecule has 0 aliphatic carbocycles. The van der Waals surface area contributed by atoms with Crippen LogP contribution < -0.4 is 18.6 Å². The highest BCUT2D eigenvalue weighted by Gasteiger charge is 2.67. The smallest absolute Gasteiger partial charge is 0.364 e. The first kappa shape index (κ1) is 34.4. The van der Waals surface area contributed by atoms with Crippen molar-refractivity contribution in [2.75, 3.05) is 0 Å². The zero-order valence-electron chi connectivity index (χ0n) is 34.3. The van der Waals surface area contributed by atoms with E-state index in [2.05, 4.69) is 175 Å². The van der Waals surface area contributed by atoms with E-state index >= 15 is 0 Å². The van der Waals surface area contributed by atoms with Crippen molar-refractivity contribution in [2.24, 2.45) is 0 Å². The van der Waals surface area contributed by atoms with Crippen LogP contribution in [0.5, 0.6) is 23.0 Å². The quantitative estimate of drug-likeness (QED) is 0.167. The number of fused-ring (bicyclic) bond motifs is 18. The summed E-state index contributed by atoms with van der Waals surface area (Å²) in [5.41, 5.74) is 15.2. The van der Waals surface area contributed by atoms with Crippen LogP contribution in [0.4, 0.5) is 0 Å². The predicted octanol–water partition coefficient (Wildman–Crippen LogP) is 13.2. The van der Waals surface area contributed by atoms with Crippen molar-refractivity contribution in [3.8, 4) is 62.5 Å². The van der Waals surface area contributed by atoms with E-state index in [-0.39, 0.29) is 11.8 Å². The van der Waals surface area contributed by atoms with Crippen LogP contribution in [-0.4, -0.2) is 4.57 Å². The van der Waals surface area contributed by atoms with Crippen molar-refractivity contribution in [1.82, 2.24) is 4.57 Å². The average Bonchev–Trinajstić information content (AvgIpc) is 4.00. The van der Waals surface area contributed by atoms with Gasteiger partial charge in [-0.25, -0.2) is 0 Å². The largest absolute Gasteiger partial charge is 0.455 e. The number of benzene rings is 7. The number of aromatic nitrogens is 3. The van der Waals surface area contributed by atoms with E-state index in [0.717, 1.165) is 44.4 Å². The van der Waals surface area contributed by atoms with Crippen LogP contribution in [0.25, 0.3) is 72.4 Å². The maximum atomic E-state index is 7.23. The number of para-hydroxylation sites is 4. The maximum Gasteiger partial charge on any atom is 0.364 e. The van der Waals surface area contributed by atoms with E-state index in [4.69, 9.17) is 13.9 Å². The minimum Gasteiger partial charge on any atom is -0.455 e. The lowest BCUT2D eigenvalue weighted by molar-refractivity contribution is -0.944. The molecule has 1 spiro atoms. The van der Waals surface area contributed by atoms with Gasteiger partial charge in [0.15, 0.2) is 45.8 Å². The van der Waals surface area contributed by atoms with Gasteiger partial charge in [-0.3, -0.25) is 0 Å². The second kappa shape index (κ2) is 12.3. The molecule has 0 N–H and O–H groups in total. The Morgan fingerprint density at radius 3 is 2.00 bits per heavy atom. The Kier molecular flexibility index (Phi) is 6.94. The zero-order chi connectivity index (χ0) is 40.7. The predicted molar refractivity (Wildman–Crippen MR) is 240 cm³/mol. The summed E-state index contributed by atoms with van der Waals surface area (Å²) in [6, 6.07) is 56.6. The van der Waals surface area contributed by atoms with Crippen LogP contribution in [0, 0.1) is 0 Å². The monoisotopic (exact) mass is 791 g/mol. The Labute approximate surface area is 353 Å². The van der Waals surface area contributed by atoms with Crippen molar-refractivity contribution in [2.45, 2.75) is 45.2 Å². The number of nitrogens with zero attached hydrogens (tertiary/aromatic N) is 3. The number of furan rings is 1. The Morgan fingerprint density at radius 1 is 0.557 bits per heavy atom. The Bertz CT molecular complexity index is 3430. The number of hydrogen-bond acceptors (Lipinski definition) is 3. The number of pyridine rings is 1. The molecule has 292 valence electrons. The van der Waals surface area contributed by atoms with Gasteiger partial charge in [0.05, 0.1) is 16.7 Å². The molecule has 13 rings (SSSR count). The number of imidazole rings is 1. The van der Waals surface area contributed by atoms with Gasteiger partial charge in [-0.05, 0) is 95.8 Å². The summed E-state index contributed by atoms with van der Waals surface area (Å²) >= 11 is 0. The molecule has 6 nitrogen and oxygen atoms in total. The molecule has 0 fully saturated rings. The van der Waals surface area contributed by atoms with E-state index in [9.17, 15) is 0 Å². The molecule has 1 unspecified atom stereocenters. The fourth-order valence-electron chi connectivity index (χ4n) is 10.6. The first-order valence-electron chi connectivity index (χ1n) is 21.3. The molecule has 61 heavy (non-hydrogen) atoms. The van der Waals surface area contributed by atoms with Crippen LogP contribution in [0.3, 0.4) is 0 Å². The molecule has 3 aliphatic heterocycles. The lowest BCUT2D eigenvalue weighted by atomic mass is 9.87. The van der Waals surface area contributed by atoms with E-state index in [1.807, 2.05) is 30.3 Å². The summed E-state index contributed by atoms with van der Waals surface area (Å²) in [4.78, 5) is 0. The van der Waals surface area contributed by atoms with Gasteiger partial charge in [-0.15, -0.1) is 9.13 Å². The third-order valence-electron chi connectivity index (χ3n) is 13.2. The van der Waals surface area contributed by atoms with Crippen LogP contribution in [0.2, 0.25) is 0 Å². The minimum atomic E-state index is -0.761. The fraction of sp³-hybridized carbons (Fsp3) is 0.127. The number of rotatable bonds is 4. The first-order valence-corrected chi connectivity index (χ1v) is 21.3. The molecular weight excluding hydrogens is 751 g/mol. The van der Waals surface area contributed by atoms with E-state index in [1.54, 1.807) is 0 Å². The molecule has 0 amide bonds. The molecule has 0 saturated carbocycles. The van der Waals surface area contributed by atoms with Crippen molar-refractivity contribution < 1.29 is 23.0 Å². The van der Waals surface area contributed by atoms with Crippen LogP contribution >= 0.6 is 0 Å². The third-order valence-corrected chi connectivity index (χ3v) is 13.2. The summed E-state index contributed by atoms with van der Waals surface area (Å²) < 4.78 is 27.8. The summed E-state index contributed by atoms with van der Waals surface area (Å²) in [5, 5.41) is 2.00. The van der Waals surface area contributed by atoms with Crippen LogP contribution in [0.1, 0.15) is 61.8 Å². The van der Waals surface area contributed by atoms with Gasteiger partial charge in [-0.1, -0.05) is 94.4 Å². The highest BCUT2D eigenvalue weighted by molar-refractivity contribution is 6.11. The van der Waals surface area contributed by atoms with Crippen molar-refractivity contribution >= 4 is 33.0 Å². The average molecular weight is 792 g/mol. The van der Waals surface area contributed by atoms with Gasteiger partial charge in [0.1, 0.15) is 16.8 Å². The van der Waals surface area contributed by atoms with Gasteiger partial charge in [0.25, 0.3) is 0 Å². The van der Waals surface area contributed by atoms with Crippen molar-refractivity contribution in [1.29, 1.82) is 0 Å². The zero-order valence-corrected chi connectivity index (χ0v) is 34.3. The van der Waals surface area contributed by atoms with E-state index < -0.39 is 5.66 Å². The van der Waals surface area contributed by atoms with Crippen molar-refractivity contribution in [3.63, 3.8) is 0 Å². The standard InChI is InChI=1S/C55H41N3O3/c1-32(2)38-28-35(34-16-6-5-7-17-34)29-39(33(3)4)52(38)57-44-21-10-11-22-45(44)58-54(57)51-42(55(58)41-19-9-8-18-37(41)43-20-14-15-27-56(43)55)26-25-36-40-30-49-50(31-48(40)61-53(36)51)60-47-24-13-12-23-46(47)59-49/h5-33H,1-4H3/q+2. The first-order chi connectivity index (χ1) is 29.9. The Morgan fingerprint density at radius 2 is 1.23 bits per heavy atom. The summed E-state index contributed by atoms with van der Waals surface area (Å²) in [6.45, 7) is 9.31. The van der Waals surface area contributed by atoms with Gasteiger partial charge >= 0.3 is 11.5 Å². The van der Waals surface area contributed by atoms with Gasteiger partial charge < -0.3 is 13.9 Å². The third kappa shape index (κ3) is 4.46. The summed E-state index contributed by atoms with van der Waals surface area (Å²) in [5.74, 6) is 4.24. The van der Waals surface area contributed by atoms with E-state index in [1.165, 1.54) is 50.3 Å². The SMILES string of the molecule is CC(C)c1cc(-c2ccccc2)cc(C(C)C)c1-n1c2[n+](c3ccccc31)C1(c3ccccc3-c3cccc[n+]31)c1ccc3c(oc4cc5c(cc43)Oc3ccccc3O5)c1-2. The van der Waals surface area contributed by atoms with Gasteiger partial charge in [0, 0.05) is 40.1 Å². The second-order valence-electron chi connectivity index (χ2n) is 17.2. The molecule has 0 saturated heterocycles. The van der Waals surface area contributed by atoms with Crippen molar-refractivity contribution in [3.05, 3.63) is 186 Å².